The first-order valence-corrected chi connectivity index (χ1v) is 10.5. The summed E-state index contributed by atoms with van der Waals surface area (Å²) in [6.45, 7) is 3.80. The molecule has 1 aromatic rings. The van der Waals surface area contributed by atoms with Gasteiger partial charge in [-0.2, -0.15) is 0 Å². The number of piperazine rings is 1. The second-order valence-electron chi connectivity index (χ2n) is 7.66. The highest BCUT2D eigenvalue weighted by atomic mass is 35.5. The highest BCUT2D eigenvalue weighted by molar-refractivity contribution is 6.01. The summed E-state index contributed by atoms with van der Waals surface area (Å²) in [6.07, 6.45) is 4.39. The van der Waals surface area contributed by atoms with Gasteiger partial charge in [-0.05, 0) is 50.1 Å². The van der Waals surface area contributed by atoms with E-state index in [0.717, 1.165) is 56.8 Å². The summed E-state index contributed by atoms with van der Waals surface area (Å²) in [7, 11) is 0. The number of carbonyl (C=O) groups is 3. The average Bonchev–Trinajstić information content (AvgIpc) is 2.74. The number of rotatable bonds is 8. The Morgan fingerprint density at radius 1 is 1.07 bits per heavy atom. The Morgan fingerprint density at radius 3 is 2.40 bits per heavy atom. The van der Waals surface area contributed by atoms with Gasteiger partial charge in [0.05, 0.1) is 0 Å². The maximum atomic E-state index is 12.3. The summed E-state index contributed by atoms with van der Waals surface area (Å²) in [5.41, 5.74) is 7.45. The van der Waals surface area contributed by atoms with Crippen molar-refractivity contribution >= 4 is 41.5 Å². The van der Waals surface area contributed by atoms with E-state index < -0.39 is 0 Å². The van der Waals surface area contributed by atoms with E-state index in [-0.39, 0.29) is 36.2 Å². The Kier molecular flexibility index (Phi) is 9.39. The van der Waals surface area contributed by atoms with Crippen molar-refractivity contribution in [3.05, 3.63) is 24.3 Å². The summed E-state index contributed by atoms with van der Waals surface area (Å²) in [6, 6.07) is 7.58. The van der Waals surface area contributed by atoms with Gasteiger partial charge in [-0.25, -0.2) is 0 Å². The molecule has 0 bridgehead atoms. The third-order valence-electron chi connectivity index (χ3n) is 5.54. The number of unbranched alkanes of at least 4 members (excludes halogenated alkanes) is 2. The molecule has 1 unspecified atom stereocenters. The Balaban J connectivity index is 0.00000320. The molecule has 9 heteroatoms. The lowest BCUT2D eigenvalue weighted by atomic mass is 10.1. The summed E-state index contributed by atoms with van der Waals surface area (Å²) < 4.78 is 0. The number of nitrogens with zero attached hydrogens (tertiary/aromatic N) is 2. The molecular formula is C21H32ClN5O3. The van der Waals surface area contributed by atoms with Gasteiger partial charge in [0.2, 0.25) is 17.7 Å². The Morgan fingerprint density at radius 2 is 1.77 bits per heavy atom. The Hall–Kier alpha value is -2.32. The zero-order valence-electron chi connectivity index (χ0n) is 17.3. The fourth-order valence-electron chi connectivity index (χ4n) is 3.77. The van der Waals surface area contributed by atoms with Crippen LogP contribution in [-0.2, 0) is 14.4 Å². The van der Waals surface area contributed by atoms with E-state index in [0.29, 0.717) is 25.8 Å². The number of halogens is 1. The van der Waals surface area contributed by atoms with Gasteiger partial charge >= 0.3 is 0 Å². The quantitative estimate of drug-likeness (QED) is 0.420. The minimum absolute atomic E-state index is 0. The standard InChI is InChI=1S/C21H31N5O3.ClH/c22-11-3-1-2-4-20(28)26-14-12-25(13-15-26)17-7-5-16(6-8-17)23-18-9-10-19(27)24-21(18)29;/h5-8,18,23H,1-4,9-15,22H2,(H,24,27,29);1H. The fourth-order valence-corrected chi connectivity index (χ4v) is 3.77. The Labute approximate surface area is 183 Å². The highest BCUT2D eigenvalue weighted by Crippen LogP contribution is 2.21. The van der Waals surface area contributed by atoms with Crippen molar-refractivity contribution in [2.45, 2.75) is 44.6 Å². The number of imide groups is 1. The van der Waals surface area contributed by atoms with Gasteiger partial charge in [0, 0.05) is 50.4 Å². The van der Waals surface area contributed by atoms with Crippen LogP contribution in [-0.4, -0.2) is 61.4 Å². The lowest BCUT2D eigenvalue weighted by Gasteiger charge is -2.36. The van der Waals surface area contributed by atoms with Crippen molar-refractivity contribution in [1.29, 1.82) is 0 Å². The highest BCUT2D eigenvalue weighted by Gasteiger charge is 2.26. The molecule has 2 saturated heterocycles. The number of carbonyl (C=O) groups excluding carboxylic acids is 3. The molecule has 0 aliphatic carbocycles. The van der Waals surface area contributed by atoms with Crippen molar-refractivity contribution in [3.63, 3.8) is 0 Å². The molecule has 2 fully saturated rings. The molecule has 166 valence electrons. The van der Waals surface area contributed by atoms with Crippen molar-refractivity contribution in [2.75, 3.05) is 42.9 Å². The van der Waals surface area contributed by atoms with E-state index in [4.69, 9.17) is 5.73 Å². The predicted molar refractivity (Wildman–Crippen MR) is 120 cm³/mol. The molecule has 0 aromatic heterocycles. The zero-order valence-corrected chi connectivity index (χ0v) is 18.1. The van der Waals surface area contributed by atoms with Crippen molar-refractivity contribution in [3.8, 4) is 0 Å². The van der Waals surface area contributed by atoms with Crippen LogP contribution < -0.4 is 21.3 Å². The number of nitrogens with two attached hydrogens (primary N) is 1. The molecular weight excluding hydrogens is 406 g/mol. The number of hydrogen-bond acceptors (Lipinski definition) is 6. The molecule has 0 saturated carbocycles. The predicted octanol–water partition coefficient (Wildman–Crippen LogP) is 1.49. The van der Waals surface area contributed by atoms with Gasteiger partial charge in [-0.3, -0.25) is 19.7 Å². The smallest absolute Gasteiger partial charge is 0.249 e. The SMILES string of the molecule is Cl.NCCCCCC(=O)N1CCN(c2ccc(NC3CCC(=O)NC3=O)cc2)CC1. The van der Waals surface area contributed by atoms with E-state index in [9.17, 15) is 14.4 Å². The third kappa shape index (κ3) is 6.60. The summed E-state index contributed by atoms with van der Waals surface area (Å²) in [4.78, 5) is 39.6. The van der Waals surface area contributed by atoms with Gasteiger partial charge in [0.1, 0.15) is 6.04 Å². The van der Waals surface area contributed by atoms with Crippen LogP contribution in [0.25, 0.3) is 0 Å². The number of piperidine rings is 1. The molecule has 30 heavy (non-hydrogen) atoms. The van der Waals surface area contributed by atoms with Crippen LogP contribution in [0.2, 0.25) is 0 Å². The van der Waals surface area contributed by atoms with Crippen LogP contribution in [0.4, 0.5) is 11.4 Å². The molecule has 1 aromatic carbocycles. The average molecular weight is 438 g/mol. The van der Waals surface area contributed by atoms with E-state index in [1.807, 2.05) is 29.2 Å². The topological polar surface area (TPSA) is 108 Å². The summed E-state index contributed by atoms with van der Waals surface area (Å²) >= 11 is 0. The molecule has 8 nitrogen and oxygen atoms in total. The first-order valence-electron chi connectivity index (χ1n) is 10.5. The van der Waals surface area contributed by atoms with Crippen LogP contribution in [0, 0.1) is 0 Å². The number of anilines is 2. The second-order valence-corrected chi connectivity index (χ2v) is 7.66. The monoisotopic (exact) mass is 437 g/mol. The lowest BCUT2D eigenvalue weighted by Crippen LogP contribution is -2.48. The maximum absolute atomic E-state index is 12.3. The second kappa shape index (κ2) is 11.8. The molecule has 3 amide bonds. The first-order chi connectivity index (χ1) is 14.1. The lowest BCUT2D eigenvalue weighted by molar-refractivity contribution is -0.134. The van der Waals surface area contributed by atoms with E-state index in [1.165, 1.54) is 0 Å². The van der Waals surface area contributed by atoms with Crippen LogP contribution in [0.1, 0.15) is 38.5 Å². The fraction of sp³-hybridized carbons (Fsp3) is 0.571. The van der Waals surface area contributed by atoms with Gasteiger partial charge in [0.25, 0.3) is 0 Å². The maximum Gasteiger partial charge on any atom is 0.249 e. The zero-order chi connectivity index (χ0) is 20.6. The van der Waals surface area contributed by atoms with Crippen LogP contribution in [0.3, 0.4) is 0 Å². The van der Waals surface area contributed by atoms with Crippen LogP contribution in [0.15, 0.2) is 24.3 Å². The number of nitrogens with one attached hydrogen (secondary N) is 2. The normalized spacial score (nSPS) is 19.2. The molecule has 0 spiro atoms. The number of amides is 3. The molecule has 3 rings (SSSR count). The molecule has 0 radical (unpaired) electrons. The molecule has 2 aliphatic rings. The summed E-state index contributed by atoms with van der Waals surface area (Å²) in [5.74, 6) is -0.240. The van der Waals surface area contributed by atoms with Crippen molar-refractivity contribution in [1.82, 2.24) is 10.2 Å². The van der Waals surface area contributed by atoms with Crippen LogP contribution >= 0.6 is 12.4 Å². The number of benzene rings is 1. The third-order valence-corrected chi connectivity index (χ3v) is 5.54. The largest absolute Gasteiger partial charge is 0.374 e. The van der Waals surface area contributed by atoms with E-state index >= 15 is 0 Å². The minimum atomic E-state index is -0.377. The van der Waals surface area contributed by atoms with E-state index in [2.05, 4.69) is 15.5 Å². The van der Waals surface area contributed by atoms with Crippen molar-refractivity contribution in [2.24, 2.45) is 5.73 Å². The number of hydrogen-bond donors (Lipinski definition) is 3. The van der Waals surface area contributed by atoms with Gasteiger partial charge in [-0.1, -0.05) is 6.42 Å². The molecule has 4 N–H and O–H groups in total. The van der Waals surface area contributed by atoms with Crippen LogP contribution in [0.5, 0.6) is 0 Å². The van der Waals surface area contributed by atoms with Gasteiger partial charge in [0.15, 0.2) is 0 Å². The molecule has 1 atom stereocenters. The Bertz CT molecular complexity index is 720. The molecule has 2 aliphatic heterocycles. The van der Waals surface area contributed by atoms with E-state index in [1.54, 1.807) is 0 Å². The summed E-state index contributed by atoms with van der Waals surface area (Å²) in [5, 5.41) is 5.55. The minimum Gasteiger partial charge on any atom is -0.374 e. The van der Waals surface area contributed by atoms with Gasteiger partial charge in [-0.15, -0.1) is 12.4 Å². The first kappa shape index (κ1) is 24.0. The van der Waals surface area contributed by atoms with Crippen molar-refractivity contribution < 1.29 is 14.4 Å². The molecule has 2 heterocycles. The van der Waals surface area contributed by atoms with Gasteiger partial charge < -0.3 is 20.9 Å².